The second kappa shape index (κ2) is 7.70. The van der Waals surface area contributed by atoms with Crippen molar-refractivity contribution in [2.75, 3.05) is 25.1 Å². The first-order valence-corrected chi connectivity index (χ1v) is 9.79. The Morgan fingerprint density at radius 2 is 2.00 bits per heavy atom. The van der Waals surface area contributed by atoms with Gasteiger partial charge in [-0.05, 0) is 36.6 Å². The third-order valence-electron chi connectivity index (χ3n) is 5.91. The number of methoxy groups -OCH3 is 1. The Balaban J connectivity index is 1.51. The maximum Gasteiger partial charge on any atom is 0.311 e. The summed E-state index contributed by atoms with van der Waals surface area (Å²) in [5.74, 6) is 0.391. The first kappa shape index (κ1) is 19.8. The summed E-state index contributed by atoms with van der Waals surface area (Å²) in [6.07, 6.45) is 3.17. The number of nitro groups is 1. The second-order valence-electron chi connectivity index (χ2n) is 7.54. The van der Waals surface area contributed by atoms with Crippen molar-refractivity contribution in [1.82, 2.24) is 4.90 Å². The molecule has 2 aliphatic rings. The van der Waals surface area contributed by atoms with Gasteiger partial charge in [0.15, 0.2) is 5.75 Å². The fourth-order valence-electron chi connectivity index (χ4n) is 4.36. The van der Waals surface area contributed by atoms with Crippen LogP contribution in [0.15, 0.2) is 36.9 Å². The third-order valence-corrected chi connectivity index (χ3v) is 5.91. The molecule has 30 heavy (non-hydrogen) atoms. The molecular formula is C22H23N3O5. The number of anilines is 1. The number of fused-ring (bicyclic) bond motifs is 1. The molecule has 0 spiro atoms. The molecule has 4 rings (SSSR count). The number of hydrogen-bond acceptors (Lipinski definition) is 6. The normalized spacial score (nSPS) is 16.5. The van der Waals surface area contributed by atoms with Crippen molar-refractivity contribution in [3.63, 3.8) is 0 Å². The van der Waals surface area contributed by atoms with Crippen molar-refractivity contribution in [3.8, 4) is 11.5 Å². The smallest absolute Gasteiger partial charge is 0.311 e. The Labute approximate surface area is 174 Å². The van der Waals surface area contributed by atoms with E-state index in [0.717, 1.165) is 24.1 Å². The number of rotatable bonds is 5. The van der Waals surface area contributed by atoms with Crippen LogP contribution in [0.4, 0.5) is 11.4 Å². The van der Waals surface area contributed by atoms with Gasteiger partial charge in [-0.25, -0.2) is 0 Å². The molecule has 2 heterocycles. The van der Waals surface area contributed by atoms with Gasteiger partial charge in [0.05, 0.1) is 12.0 Å². The number of benzene rings is 2. The predicted octanol–water partition coefficient (Wildman–Crippen LogP) is 3.58. The molecule has 0 atom stereocenters. The Bertz CT molecular complexity index is 1030. The minimum Gasteiger partial charge on any atom is -0.508 e. The SMILES string of the molecule is C=Cc1cc([N+](=O)[O-])c(OC)cc1N1CCC(N2Cc3cc(O)ccc3C2=O)CC1. The van der Waals surface area contributed by atoms with Crippen LogP contribution in [0.3, 0.4) is 0 Å². The molecule has 2 aromatic rings. The van der Waals surface area contributed by atoms with Gasteiger partial charge in [-0.1, -0.05) is 12.7 Å². The molecule has 156 valence electrons. The van der Waals surface area contributed by atoms with E-state index in [-0.39, 0.29) is 29.1 Å². The average molecular weight is 409 g/mol. The monoisotopic (exact) mass is 409 g/mol. The lowest BCUT2D eigenvalue weighted by Gasteiger charge is -2.38. The van der Waals surface area contributed by atoms with Crippen LogP contribution >= 0.6 is 0 Å². The standard InChI is InChI=1S/C22H23N3O5/c1-3-14-11-20(25(28)29)21(30-2)12-19(14)23-8-6-16(7-9-23)24-13-15-10-17(26)4-5-18(15)22(24)27/h3-5,10-12,16,26H,1,6-9,13H2,2H3. The van der Waals surface area contributed by atoms with E-state index in [2.05, 4.69) is 11.5 Å². The summed E-state index contributed by atoms with van der Waals surface area (Å²) in [4.78, 5) is 27.6. The average Bonchev–Trinajstić information content (AvgIpc) is 3.08. The highest BCUT2D eigenvalue weighted by Crippen LogP contribution is 2.37. The van der Waals surface area contributed by atoms with Crippen molar-refractivity contribution in [2.24, 2.45) is 0 Å². The quantitative estimate of drug-likeness (QED) is 0.599. The number of hydrogen-bond donors (Lipinski definition) is 1. The largest absolute Gasteiger partial charge is 0.508 e. The highest BCUT2D eigenvalue weighted by atomic mass is 16.6. The molecule has 1 saturated heterocycles. The Kier molecular flexibility index (Phi) is 5.07. The molecule has 0 unspecified atom stereocenters. The van der Waals surface area contributed by atoms with Crippen molar-refractivity contribution in [3.05, 3.63) is 63.7 Å². The highest BCUT2D eigenvalue weighted by molar-refractivity contribution is 5.98. The molecule has 8 nitrogen and oxygen atoms in total. The van der Waals surface area contributed by atoms with E-state index in [4.69, 9.17) is 4.74 Å². The van der Waals surface area contributed by atoms with Crippen LogP contribution in [0.25, 0.3) is 6.08 Å². The summed E-state index contributed by atoms with van der Waals surface area (Å²) >= 11 is 0. The molecule has 0 aromatic heterocycles. The van der Waals surface area contributed by atoms with Crippen molar-refractivity contribution in [1.29, 1.82) is 0 Å². The van der Waals surface area contributed by atoms with Crippen molar-refractivity contribution >= 4 is 23.4 Å². The molecule has 1 fully saturated rings. The van der Waals surface area contributed by atoms with Crippen molar-refractivity contribution in [2.45, 2.75) is 25.4 Å². The van der Waals surface area contributed by atoms with Crippen LogP contribution in [0, 0.1) is 10.1 Å². The maximum atomic E-state index is 12.8. The molecule has 0 radical (unpaired) electrons. The van der Waals surface area contributed by atoms with E-state index in [1.165, 1.54) is 13.2 Å². The molecule has 8 heteroatoms. The lowest BCUT2D eigenvalue weighted by molar-refractivity contribution is -0.385. The number of ether oxygens (including phenoxy) is 1. The minimum absolute atomic E-state index is 0.00670. The van der Waals surface area contributed by atoms with Crippen LogP contribution in [0.2, 0.25) is 0 Å². The van der Waals surface area contributed by atoms with Crippen LogP contribution in [0.5, 0.6) is 11.5 Å². The summed E-state index contributed by atoms with van der Waals surface area (Å²) in [6, 6.07) is 8.16. The van der Waals surface area contributed by atoms with Gasteiger partial charge in [0.1, 0.15) is 5.75 Å². The van der Waals surface area contributed by atoms with E-state index in [1.807, 2.05) is 4.90 Å². The molecule has 1 amide bonds. The summed E-state index contributed by atoms with van der Waals surface area (Å²) in [5.41, 5.74) is 2.95. The van der Waals surface area contributed by atoms with Crippen LogP contribution in [-0.2, 0) is 6.54 Å². The number of nitro benzene ring substituents is 1. The second-order valence-corrected chi connectivity index (χ2v) is 7.54. The minimum atomic E-state index is -0.462. The zero-order valence-electron chi connectivity index (χ0n) is 16.7. The Hall–Kier alpha value is -3.55. The number of carbonyl (C=O) groups excluding carboxylic acids is 1. The van der Waals surface area contributed by atoms with Gasteiger partial charge in [0.2, 0.25) is 0 Å². The van der Waals surface area contributed by atoms with E-state index in [0.29, 0.717) is 30.8 Å². The van der Waals surface area contributed by atoms with Gasteiger partial charge in [-0.3, -0.25) is 14.9 Å². The van der Waals surface area contributed by atoms with Crippen LogP contribution in [0.1, 0.15) is 34.3 Å². The maximum absolute atomic E-state index is 12.8. The first-order valence-electron chi connectivity index (χ1n) is 9.79. The van der Waals surface area contributed by atoms with E-state index in [1.54, 1.807) is 30.3 Å². The Morgan fingerprint density at radius 3 is 2.63 bits per heavy atom. The van der Waals surface area contributed by atoms with Gasteiger partial charge in [0.25, 0.3) is 5.91 Å². The molecule has 2 aliphatic heterocycles. The lowest BCUT2D eigenvalue weighted by atomic mass is 10.0. The first-order chi connectivity index (χ1) is 14.4. The topological polar surface area (TPSA) is 96.2 Å². The third kappa shape index (κ3) is 3.34. The highest BCUT2D eigenvalue weighted by Gasteiger charge is 2.35. The number of phenols is 1. The number of aromatic hydroxyl groups is 1. The number of nitrogens with zero attached hydrogens (tertiary/aromatic N) is 3. The molecule has 0 saturated carbocycles. The van der Waals surface area contributed by atoms with Gasteiger partial charge >= 0.3 is 5.69 Å². The number of carbonyl (C=O) groups is 1. The van der Waals surface area contributed by atoms with E-state index >= 15 is 0 Å². The van der Waals surface area contributed by atoms with Gasteiger partial charge in [-0.15, -0.1) is 0 Å². The number of phenolic OH excluding ortho intramolecular Hbond substituents is 1. The summed E-state index contributed by atoms with van der Waals surface area (Å²) < 4.78 is 5.22. The Morgan fingerprint density at radius 1 is 1.27 bits per heavy atom. The summed E-state index contributed by atoms with van der Waals surface area (Å²) in [6.45, 7) is 5.72. The van der Waals surface area contributed by atoms with Gasteiger partial charge in [0, 0.05) is 54.6 Å². The van der Waals surface area contributed by atoms with Crippen LogP contribution in [-0.4, -0.2) is 47.1 Å². The van der Waals surface area contributed by atoms with Gasteiger partial charge < -0.3 is 19.6 Å². The van der Waals surface area contributed by atoms with Crippen LogP contribution < -0.4 is 9.64 Å². The van der Waals surface area contributed by atoms with Gasteiger partial charge in [-0.2, -0.15) is 0 Å². The zero-order chi connectivity index (χ0) is 21.4. The summed E-state index contributed by atoms with van der Waals surface area (Å²) in [7, 11) is 1.42. The molecule has 1 N–H and O–H groups in total. The number of amides is 1. The number of piperidine rings is 1. The summed E-state index contributed by atoms with van der Waals surface area (Å²) in [5, 5.41) is 21.0. The lowest BCUT2D eigenvalue weighted by Crippen LogP contribution is -2.45. The molecular weight excluding hydrogens is 386 g/mol. The van der Waals surface area contributed by atoms with E-state index in [9.17, 15) is 20.0 Å². The predicted molar refractivity (Wildman–Crippen MR) is 113 cm³/mol. The molecule has 0 aliphatic carbocycles. The molecule has 0 bridgehead atoms. The molecule has 2 aromatic carbocycles. The van der Waals surface area contributed by atoms with E-state index < -0.39 is 4.92 Å². The van der Waals surface area contributed by atoms with Crippen molar-refractivity contribution < 1.29 is 19.6 Å². The zero-order valence-corrected chi connectivity index (χ0v) is 16.7. The fraction of sp³-hybridized carbons (Fsp3) is 0.318. The fourth-order valence-corrected chi connectivity index (χ4v) is 4.36.